The molecule has 0 aromatic heterocycles. The van der Waals surface area contributed by atoms with Crippen LogP contribution in [0.3, 0.4) is 0 Å². The fourth-order valence-electron chi connectivity index (χ4n) is 1.36. The number of aryl methyl sites for hydroxylation is 2. The molecule has 1 unspecified atom stereocenters. The van der Waals surface area contributed by atoms with Gasteiger partial charge in [0.1, 0.15) is 0 Å². The van der Waals surface area contributed by atoms with Gasteiger partial charge >= 0.3 is 0 Å². The van der Waals surface area contributed by atoms with E-state index in [4.69, 9.17) is 23.2 Å². The fraction of sp³-hybridized carbons (Fsp3) is 0.455. The zero-order valence-electron chi connectivity index (χ0n) is 8.20. The van der Waals surface area contributed by atoms with Crippen LogP contribution in [0.4, 0.5) is 0 Å². The summed E-state index contributed by atoms with van der Waals surface area (Å²) in [6.45, 7) is 6.14. The second-order valence-electron chi connectivity index (χ2n) is 3.33. The number of rotatable bonds is 2. The Morgan fingerprint density at radius 3 is 2.38 bits per heavy atom. The Kier molecular flexibility index (Phi) is 3.63. The van der Waals surface area contributed by atoms with Gasteiger partial charge in [-0.25, -0.2) is 0 Å². The number of alkyl halides is 1. The standard InChI is InChI=1S/C11H14Cl2/c1-4-10(12)9-5-8(3)11(13)6-7(9)2/h5-6,10H,4H2,1-3H3. The Morgan fingerprint density at radius 1 is 1.23 bits per heavy atom. The first-order valence-corrected chi connectivity index (χ1v) is 5.28. The van der Waals surface area contributed by atoms with E-state index in [1.54, 1.807) is 0 Å². The van der Waals surface area contributed by atoms with Crippen molar-refractivity contribution in [3.05, 3.63) is 33.8 Å². The van der Waals surface area contributed by atoms with Crippen LogP contribution in [0.25, 0.3) is 0 Å². The van der Waals surface area contributed by atoms with Crippen molar-refractivity contribution in [1.82, 2.24) is 0 Å². The third-order valence-corrected chi connectivity index (χ3v) is 3.19. The first-order valence-electron chi connectivity index (χ1n) is 4.47. The minimum atomic E-state index is 0.107. The second kappa shape index (κ2) is 4.34. The van der Waals surface area contributed by atoms with E-state index < -0.39 is 0 Å². The van der Waals surface area contributed by atoms with E-state index in [1.807, 2.05) is 19.9 Å². The first-order chi connectivity index (χ1) is 6.06. The SMILES string of the molecule is CCC(Cl)c1cc(C)c(Cl)cc1C. The normalized spacial score (nSPS) is 13.0. The van der Waals surface area contributed by atoms with Crippen molar-refractivity contribution < 1.29 is 0 Å². The molecule has 0 aliphatic carbocycles. The van der Waals surface area contributed by atoms with E-state index >= 15 is 0 Å². The summed E-state index contributed by atoms with van der Waals surface area (Å²) in [5.74, 6) is 0. The Bertz CT molecular complexity index is 305. The average Bonchev–Trinajstić information content (AvgIpc) is 2.10. The van der Waals surface area contributed by atoms with Crippen LogP contribution in [0, 0.1) is 13.8 Å². The highest BCUT2D eigenvalue weighted by Crippen LogP contribution is 2.30. The van der Waals surface area contributed by atoms with Crippen molar-refractivity contribution in [2.75, 3.05) is 0 Å². The third-order valence-electron chi connectivity index (χ3n) is 2.24. The van der Waals surface area contributed by atoms with Crippen molar-refractivity contribution in [3.8, 4) is 0 Å². The zero-order valence-corrected chi connectivity index (χ0v) is 9.71. The molecule has 1 atom stereocenters. The lowest BCUT2D eigenvalue weighted by Gasteiger charge is -2.12. The average molecular weight is 217 g/mol. The van der Waals surface area contributed by atoms with Crippen LogP contribution in [-0.2, 0) is 0 Å². The van der Waals surface area contributed by atoms with Gasteiger partial charge in [-0.3, -0.25) is 0 Å². The molecule has 13 heavy (non-hydrogen) atoms. The van der Waals surface area contributed by atoms with Crippen molar-refractivity contribution in [2.24, 2.45) is 0 Å². The summed E-state index contributed by atoms with van der Waals surface area (Å²) in [4.78, 5) is 0. The molecule has 0 radical (unpaired) electrons. The molecule has 1 aromatic carbocycles. The van der Waals surface area contributed by atoms with Crippen molar-refractivity contribution in [2.45, 2.75) is 32.6 Å². The Hall–Kier alpha value is -0.200. The Labute approximate surface area is 89.9 Å². The maximum absolute atomic E-state index is 6.18. The van der Waals surface area contributed by atoms with Crippen LogP contribution in [0.1, 0.15) is 35.4 Å². The number of hydrogen-bond donors (Lipinski definition) is 0. The Balaban J connectivity index is 3.15. The van der Waals surface area contributed by atoms with Gasteiger partial charge in [-0.1, -0.05) is 24.6 Å². The molecule has 0 aliphatic rings. The van der Waals surface area contributed by atoms with Crippen LogP contribution in [0.15, 0.2) is 12.1 Å². The molecular formula is C11H14Cl2. The predicted molar refractivity (Wildman–Crippen MR) is 59.8 cm³/mol. The number of hydrogen-bond acceptors (Lipinski definition) is 0. The van der Waals surface area contributed by atoms with Crippen LogP contribution in [0.5, 0.6) is 0 Å². The van der Waals surface area contributed by atoms with Gasteiger partial charge in [0.25, 0.3) is 0 Å². The summed E-state index contributed by atoms with van der Waals surface area (Å²) in [5.41, 5.74) is 3.48. The van der Waals surface area contributed by atoms with Crippen molar-refractivity contribution in [1.29, 1.82) is 0 Å². The van der Waals surface area contributed by atoms with Crippen molar-refractivity contribution >= 4 is 23.2 Å². The highest BCUT2D eigenvalue weighted by molar-refractivity contribution is 6.31. The van der Waals surface area contributed by atoms with Gasteiger partial charge in [-0.15, -0.1) is 11.6 Å². The van der Waals surface area contributed by atoms with Crippen LogP contribution >= 0.6 is 23.2 Å². The van der Waals surface area contributed by atoms with Crippen molar-refractivity contribution in [3.63, 3.8) is 0 Å². The van der Waals surface area contributed by atoms with Crippen LogP contribution in [-0.4, -0.2) is 0 Å². The molecule has 0 N–H and O–H groups in total. The monoisotopic (exact) mass is 216 g/mol. The van der Waals surface area contributed by atoms with E-state index in [0.717, 1.165) is 17.0 Å². The van der Waals surface area contributed by atoms with Crippen LogP contribution in [0.2, 0.25) is 5.02 Å². The predicted octanol–water partition coefficient (Wildman–Crippen LogP) is 4.65. The molecule has 72 valence electrons. The summed E-state index contributed by atoms with van der Waals surface area (Å²) in [6.07, 6.45) is 0.948. The zero-order chi connectivity index (χ0) is 10.0. The highest BCUT2D eigenvalue weighted by atomic mass is 35.5. The molecular weight excluding hydrogens is 203 g/mol. The topological polar surface area (TPSA) is 0 Å². The van der Waals surface area contributed by atoms with Gasteiger partial charge in [-0.05, 0) is 43.0 Å². The fourth-order valence-corrected chi connectivity index (χ4v) is 1.81. The van der Waals surface area contributed by atoms with E-state index in [2.05, 4.69) is 13.0 Å². The molecule has 0 aliphatic heterocycles. The summed E-state index contributed by atoms with van der Waals surface area (Å²) >= 11 is 12.2. The summed E-state index contributed by atoms with van der Waals surface area (Å²) in [6, 6.07) is 4.07. The van der Waals surface area contributed by atoms with Gasteiger partial charge in [0.2, 0.25) is 0 Å². The number of halogens is 2. The van der Waals surface area contributed by atoms with Gasteiger partial charge in [-0.2, -0.15) is 0 Å². The molecule has 0 bridgehead atoms. The molecule has 1 aromatic rings. The minimum absolute atomic E-state index is 0.107. The van der Waals surface area contributed by atoms with Gasteiger partial charge in [0, 0.05) is 5.02 Å². The smallest absolute Gasteiger partial charge is 0.0585 e. The third kappa shape index (κ3) is 2.38. The molecule has 0 nitrogen and oxygen atoms in total. The Morgan fingerprint density at radius 2 is 1.85 bits per heavy atom. The molecule has 0 spiro atoms. The maximum atomic E-state index is 6.18. The van der Waals surface area contributed by atoms with Crippen LogP contribution < -0.4 is 0 Å². The lowest BCUT2D eigenvalue weighted by atomic mass is 10.0. The lowest BCUT2D eigenvalue weighted by Crippen LogP contribution is -1.94. The summed E-state index contributed by atoms with van der Waals surface area (Å²) in [5, 5.41) is 0.928. The quantitative estimate of drug-likeness (QED) is 0.632. The second-order valence-corrected chi connectivity index (χ2v) is 4.27. The minimum Gasteiger partial charge on any atom is -0.118 e. The van der Waals surface area contributed by atoms with Gasteiger partial charge < -0.3 is 0 Å². The lowest BCUT2D eigenvalue weighted by molar-refractivity contribution is 0.874. The summed E-state index contributed by atoms with van der Waals surface area (Å²) < 4.78 is 0. The van der Waals surface area contributed by atoms with Gasteiger partial charge in [0.05, 0.1) is 5.38 Å². The van der Waals surface area contributed by atoms with E-state index in [9.17, 15) is 0 Å². The molecule has 0 saturated carbocycles. The molecule has 2 heteroatoms. The first kappa shape index (κ1) is 10.9. The number of benzene rings is 1. The van der Waals surface area contributed by atoms with Gasteiger partial charge in [0.15, 0.2) is 0 Å². The molecule has 0 amide bonds. The highest BCUT2D eigenvalue weighted by Gasteiger charge is 2.09. The molecule has 0 fully saturated rings. The van der Waals surface area contributed by atoms with E-state index in [-0.39, 0.29) is 5.38 Å². The molecule has 0 saturated heterocycles. The summed E-state index contributed by atoms with van der Waals surface area (Å²) in [7, 11) is 0. The van der Waals surface area contributed by atoms with E-state index in [1.165, 1.54) is 11.1 Å². The molecule has 1 rings (SSSR count). The van der Waals surface area contributed by atoms with E-state index in [0.29, 0.717) is 0 Å². The maximum Gasteiger partial charge on any atom is 0.0585 e. The molecule has 0 heterocycles. The largest absolute Gasteiger partial charge is 0.118 e.